The van der Waals surface area contributed by atoms with E-state index < -0.39 is 438 Å². The molecule has 10 rings (SSSR count). The topological polar surface area (TPSA) is 982 Å². The summed E-state index contributed by atoms with van der Waals surface area (Å²) in [6.45, 7) is -7.65. The van der Waals surface area contributed by atoms with Crippen LogP contribution < -0.4 is 26.6 Å². The third kappa shape index (κ3) is 25.4. The summed E-state index contributed by atoms with van der Waals surface area (Å²) in [6.07, 6.45) is -102. The molecule has 62 nitrogen and oxygen atoms in total. The fourth-order valence-electron chi connectivity index (χ4n) is 17.6. The largest absolute Gasteiger partial charge is 0.477 e. The maximum atomic E-state index is 13.3. The Morgan fingerprint density at radius 2 is 0.572 bits per heavy atom. The van der Waals surface area contributed by atoms with Crippen molar-refractivity contribution in [2.24, 2.45) is 0 Å². The van der Waals surface area contributed by atoms with E-state index in [1.54, 1.807) is 0 Å². The van der Waals surface area contributed by atoms with E-state index in [2.05, 4.69) is 26.6 Å². The molecule has 5 amide bonds. The lowest BCUT2D eigenvalue weighted by Crippen LogP contribution is -2.71. The van der Waals surface area contributed by atoms with Crippen molar-refractivity contribution in [3.05, 3.63) is 0 Å². The first-order valence-electron chi connectivity index (χ1n) is 43.4. The number of carbonyl (C=O) groups excluding carboxylic acids is 5. The van der Waals surface area contributed by atoms with E-state index in [4.69, 9.17) is 90.0 Å². The molecule has 0 saturated carbocycles. The minimum atomic E-state index is -3.13. The molecule has 0 aromatic carbocycles. The van der Waals surface area contributed by atoms with E-state index in [1.165, 1.54) is 0 Å². The molecule has 0 aromatic rings. The molecule has 0 aliphatic carbocycles. The quantitative estimate of drug-likeness (QED) is 0.0272. The van der Waals surface area contributed by atoms with Crippen molar-refractivity contribution in [3.8, 4) is 0 Å². The Morgan fingerprint density at radius 1 is 0.297 bits per heavy atom. The molecule has 138 heavy (non-hydrogen) atoms. The van der Waals surface area contributed by atoms with Crippen LogP contribution in [-0.4, -0.2) is 584 Å². The predicted octanol–water partition coefficient (Wildman–Crippen LogP) is -23.7. The maximum absolute atomic E-state index is 13.3. The summed E-state index contributed by atoms with van der Waals surface area (Å²) in [6, 6.07) is -9.67. The van der Waals surface area contributed by atoms with Crippen LogP contribution in [0.5, 0.6) is 0 Å². The van der Waals surface area contributed by atoms with E-state index in [0.717, 1.165) is 34.6 Å². The van der Waals surface area contributed by atoms with Gasteiger partial charge in [0.2, 0.25) is 29.5 Å². The first-order valence-corrected chi connectivity index (χ1v) is 43.4. The summed E-state index contributed by atoms with van der Waals surface area (Å²) in [7, 11) is 0. The molecular formula is C76H125N5O57. The number of nitrogens with one attached hydrogen (secondary N) is 5. The standard InChI is InChI=1S/C76H125N5O57/c1-18(89)77-35-23(94)6-75(73(116)117,137-61(35)40(98)25(96)8-82)121-16-33-42(100)49(107)53(111)69(129-33)131-57-29(12-86)125-66(37(46(57)104)79-20(3)91)120-15-32-45(103)64(56(114)72(128-32)133-59-31(14-88)127-67(39(48(59)106)81-22(5)93)135-63-44(102)27(10-84)124-71(55(63)113)134-60-28(11-85)123-65(115)52(110)51(60)109)136-68-38(80-21(4)92)47(105)58(30(13-87)126-68)132-70-54(112)50(108)43(101)34(130-70)17-122-76(74(118)119)7-24(95)36(78-19(2)90)62(138-76)41(99)26(97)9-83/h23-72,82-88,94-115H,6-17H2,1-5H3,(H,77,89)(H,78,90)(H,79,91)(H,80,92)(H,81,93)(H,116,117)(H,118,119)/t23-,24-,25+,26+,27+,28+,29+,30+,31+,32+,33+,34+,35+,36+,37+,38+,39+,40+,41+,42-,43-,44-,45-,46+,47+,48+,49-,50-,51+,52+,53+,54+,55+,56+,57+,58+,59+,60+,61+,62+,63-,64-,65+,66+,67-,68-,69-,70-,71-,72-,75+,76+/m0/s1. The van der Waals surface area contributed by atoms with Crippen LogP contribution in [0.25, 0.3) is 0 Å². The molecule has 0 aromatic heterocycles. The predicted molar refractivity (Wildman–Crippen MR) is 422 cm³/mol. The molecule has 10 heterocycles. The number of ether oxygens (including phenoxy) is 19. The van der Waals surface area contributed by atoms with Crippen molar-refractivity contribution in [1.82, 2.24) is 26.6 Å². The summed E-state index contributed by atoms with van der Waals surface area (Å²) < 4.78 is 111. The number of amides is 5. The molecular weight excluding hydrogens is 1890 g/mol. The number of carbonyl (C=O) groups is 7. The Labute approximate surface area is 779 Å². The summed E-state index contributed by atoms with van der Waals surface area (Å²) in [4.78, 5) is 90.2. The number of hydrogen-bond donors (Lipinski definition) is 36. The van der Waals surface area contributed by atoms with Crippen molar-refractivity contribution >= 4 is 41.5 Å². The van der Waals surface area contributed by atoms with Crippen LogP contribution in [0.1, 0.15) is 47.5 Å². The van der Waals surface area contributed by atoms with E-state index in [1.807, 2.05) is 0 Å². The average Bonchev–Trinajstić information content (AvgIpc) is 0.762. The molecule has 0 spiro atoms. The second kappa shape index (κ2) is 49.0. The molecule has 796 valence electrons. The maximum Gasteiger partial charge on any atom is 0.364 e. The monoisotopic (exact) mass is 2020 g/mol. The highest BCUT2D eigenvalue weighted by Crippen LogP contribution is 2.43. The highest BCUT2D eigenvalue weighted by Gasteiger charge is 2.64. The second-order valence-electron chi connectivity index (χ2n) is 34.6. The number of rotatable bonds is 39. The zero-order valence-corrected chi connectivity index (χ0v) is 73.8. The zero-order valence-electron chi connectivity index (χ0n) is 73.8. The highest BCUT2D eigenvalue weighted by molar-refractivity contribution is 5.78. The number of hydrogen-bond acceptors (Lipinski definition) is 55. The van der Waals surface area contributed by atoms with E-state index in [0.29, 0.717) is 0 Å². The summed E-state index contributed by atoms with van der Waals surface area (Å²) in [5, 5.41) is 356. The lowest BCUT2D eigenvalue weighted by Gasteiger charge is -2.51. The third-order valence-corrected chi connectivity index (χ3v) is 24.8. The van der Waals surface area contributed by atoms with E-state index in [9.17, 15) is 192 Å². The average molecular weight is 2020 g/mol. The number of carboxylic acid groups (broad SMARTS) is 2. The molecule has 62 heteroatoms. The molecule has 0 unspecified atom stereocenters. The van der Waals surface area contributed by atoms with Crippen LogP contribution >= 0.6 is 0 Å². The van der Waals surface area contributed by atoms with Crippen LogP contribution in [0.2, 0.25) is 0 Å². The minimum absolute atomic E-state index is 0.843. The van der Waals surface area contributed by atoms with Gasteiger partial charge in [-0.2, -0.15) is 0 Å². The fourth-order valence-corrected chi connectivity index (χ4v) is 17.6. The minimum Gasteiger partial charge on any atom is -0.477 e. The molecule has 10 saturated heterocycles. The summed E-state index contributed by atoms with van der Waals surface area (Å²) >= 11 is 0. The van der Waals surface area contributed by atoms with Crippen LogP contribution in [0, 0.1) is 0 Å². The van der Waals surface area contributed by atoms with Crippen molar-refractivity contribution in [1.29, 1.82) is 0 Å². The third-order valence-electron chi connectivity index (χ3n) is 24.8. The lowest BCUT2D eigenvalue weighted by atomic mass is 9.88. The van der Waals surface area contributed by atoms with Gasteiger partial charge in [-0.1, -0.05) is 0 Å². The van der Waals surface area contributed by atoms with Gasteiger partial charge in [0.1, 0.15) is 232 Å². The Hall–Kier alpha value is -5.63. The SMILES string of the molecule is CC(=O)N[C@H]1[C@H](OC[C@H]2O[C@@H](O[C@H]3[C@H](O)[C@@H](NC(C)=O)[C@H](O[C@H]4[C@@H](O)[C@@H](CO)O[C@@H](O[C@H]5[C@H](O)[C@@H](O)[C@H](O)O[C@@H]5CO)[C@@H]4O)O[C@@H]3CO)[C@H](O)[C@@H](O[C@@H]3O[C@H](CO)[C@@H](O[C@@H]4O[C@H](CO[C@]5(C(=O)O)C[C@H](O)[C@@H](NC(C)=O)[C@H]([C@H](O)[C@H](O)CO)O5)[C@H](O)[C@H](O)[C@H]4O)[C@H](O)[C@H]3NC(C)=O)[C@H]2O)O[C@H](CO)[C@@H](O[C@@H]2O[C@H](CO[C@]3(C(=O)O)C[C@H](O)[C@@H](NC(C)=O)[C@H]([C@H](O)[C@H](O)CO)O3)[C@H](O)[C@H](O)[C@H]2O)[C@@H]1O. The first kappa shape index (κ1) is 114. The number of aliphatic hydroxyl groups excluding tert-OH is 29. The molecule has 0 radical (unpaired) electrons. The summed E-state index contributed by atoms with van der Waals surface area (Å²) in [5.74, 6) is -15.3. The Balaban J connectivity index is 0.935. The van der Waals surface area contributed by atoms with Gasteiger partial charge in [-0.3, -0.25) is 24.0 Å². The van der Waals surface area contributed by atoms with Gasteiger partial charge in [0.05, 0.1) is 90.4 Å². The van der Waals surface area contributed by atoms with Gasteiger partial charge in [-0.05, 0) is 0 Å². The smallest absolute Gasteiger partial charge is 0.364 e. The van der Waals surface area contributed by atoms with Crippen molar-refractivity contribution < 1.29 is 282 Å². The van der Waals surface area contributed by atoms with Gasteiger partial charge in [-0.25, -0.2) is 9.59 Å². The van der Waals surface area contributed by atoms with Crippen molar-refractivity contribution in [2.45, 2.75) is 365 Å². The molecule has 10 aliphatic rings. The zero-order chi connectivity index (χ0) is 102. The van der Waals surface area contributed by atoms with Crippen LogP contribution in [-0.2, 0) is 124 Å². The Bertz CT molecular complexity index is 3930. The fraction of sp³-hybridized carbons (Fsp3) is 0.908. The molecule has 52 atom stereocenters. The van der Waals surface area contributed by atoms with Crippen LogP contribution in [0.4, 0.5) is 0 Å². The number of aliphatic hydroxyl groups is 29. The number of carboxylic acids is 2. The number of aliphatic carboxylic acids is 2. The van der Waals surface area contributed by atoms with Gasteiger partial charge in [0, 0.05) is 47.5 Å². The molecule has 0 bridgehead atoms. The Morgan fingerprint density at radius 3 is 0.899 bits per heavy atom. The molecule has 10 aliphatic heterocycles. The van der Waals surface area contributed by atoms with E-state index in [-0.39, 0.29) is 0 Å². The lowest BCUT2D eigenvalue weighted by molar-refractivity contribution is -0.389. The van der Waals surface area contributed by atoms with Gasteiger partial charge < -0.3 is 275 Å². The van der Waals surface area contributed by atoms with Gasteiger partial charge in [0.15, 0.2) is 50.3 Å². The molecule has 36 N–H and O–H groups in total. The normalized spacial score (nSPS) is 46.2. The second-order valence-corrected chi connectivity index (χ2v) is 34.6. The van der Waals surface area contributed by atoms with E-state index >= 15 is 0 Å². The first-order chi connectivity index (χ1) is 64.9. The highest BCUT2D eigenvalue weighted by atomic mass is 16.8. The van der Waals surface area contributed by atoms with Gasteiger partial charge >= 0.3 is 11.9 Å². The van der Waals surface area contributed by atoms with Gasteiger partial charge in [-0.15, -0.1) is 0 Å². The van der Waals surface area contributed by atoms with Crippen LogP contribution in [0.3, 0.4) is 0 Å². The van der Waals surface area contributed by atoms with Gasteiger partial charge in [0.25, 0.3) is 11.6 Å². The molecule has 10 fully saturated rings. The summed E-state index contributed by atoms with van der Waals surface area (Å²) in [5.41, 5.74) is 0. The van der Waals surface area contributed by atoms with Crippen molar-refractivity contribution in [3.63, 3.8) is 0 Å². The van der Waals surface area contributed by atoms with Crippen LogP contribution in [0.15, 0.2) is 0 Å². The van der Waals surface area contributed by atoms with Crippen molar-refractivity contribution in [2.75, 3.05) is 66.1 Å². The Kier molecular flexibility index (Phi) is 40.6.